The fraction of sp³-hybridized carbons (Fsp3) is 0.111. The Kier molecular flexibility index (Phi) is 4.50. The fourth-order valence-corrected chi connectivity index (χ4v) is 2.77. The van der Waals surface area contributed by atoms with E-state index in [-0.39, 0.29) is 24.0 Å². The van der Waals surface area contributed by atoms with Gasteiger partial charge in [0.05, 0.1) is 5.56 Å². The molecular weight excluding hydrogens is 329 g/mol. The molecule has 0 aliphatic rings. The van der Waals surface area contributed by atoms with Crippen LogP contribution in [0.5, 0.6) is 0 Å². The van der Waals surface area contributed by atoms with Crippen molar-refractivity contribution in [3.63, 3.8) is 0 Å². The molecule has 0 saturated heterocycles. The van der Waals surface area contributed by atoms with Crippen molar-refractivity contribution in [1.82, 2.24) is 9.88 Å². The van der Waals surface area contributed by atoms with E-state index in [9.17, 15) is 14.4 Å². The lowest BCUT2D eigenvalue weighted by atomic mass is 10.2. The topological polar surface area (TPSA) is 57.8 Å². The fourth-order valence-electron chi connectivity index (χ4n) is 2.54. The number of hydrogen-bond acceptors (Lipinski definition) is 2. The van der Waals surface area contributed by atoms with Crippen molar-refractivity contribution in [2.45, 2.75) is 13.1 Å². The monoisotopic (exact) mass is 341 g/mol. The molecule has 1 amide bonds. The Hall–Kier alpha value is -2.84. The predicted octanol–water partition coefficient (Wildman–Crippen LogP) is 3.62. The Bertz CT molecular complexity index is 959. The average Bonchev–Trinajstić information content (AvgIpc) is 2.92. The molecule has 1 aromatic heterocycles. The highest BCUT2D eigenvalue weighted by atomic mass is 35.5. The van der Waals surface area contributed by atoms with Crippen LogP contribution in [0.3, 0.4) is 0 Å². The molecule has 0 bridgehead atoms. The van der Waals surface area contributed by atoms with E-state index in [1.807, 2.05) is 24.3 Å². The van der Waals surface area contributed by atoms with Gasteiger partial charge >= 0.3 is 0 Å². The van der Waals surface area contributed by atoms with E-state index in [1.165, 1.54) is 18.2 Å². The van der Waals surface area contributed by atoms with Gasteiger partial charge in [0.15, 0.2) is 0 Å². The third-order valence-electron chi connectivity index (χ3n) is 3.71. The van der Waals surface area contributed by atoms with Gasteiger partial charge in [-0.15, -0.1) is 0 Å². The molecule has 0 unspecified atom stereocenters. The number of nitrogens with zero attached hydrogens (tertiary/aromatic N) is 2. The molecule has 3 aromatic rings. The zero-order chi connectivity index (χ0) is 17.1. The summed E-state index contributed by atoms with van der Waals surface area (Å²) in [7, 11) is 0. The summed E-state index contributed by atoms with van der Waals surface area (Å²) in [5, 5.41) is 13.0. The summed E-state index contributed by atoms with van der Waals surface area (Å²) in [6.45, 7) is 0.295. The van der Waals surface area contributed by atoms with Crippen molar-refractivity contribution < 1.29 is 9.18 Å². The Balaban J connectivity index is 1.73. The molecule has 0 atom stereocenters. The summed E-state index contributed by atoms with van der Waals surface area (Å²) in [4.78, 5) is 12.2. The minimum atomic E-state index is -0.419. The van der Waals surface area contributed by atoms with Gasteiger partial charge in [0, 0.05) is 28.7 Å². The molecule has 4 nitrogen and oxygen atoms in total. The van der Waals surface area contributed by atoms with Gasteiger partial charge < -0.3 is 9.88 Å². The Labute approximate surface area is 143 Å². The van der Waals surface area contributed by atoms with E-state index in [2.05, 4.69) is 11.4 Å². The van der Waals surface area contributed by atoms with Gasteiger partial charge in [0.2, 0.25) is 5.91 Å². The first-order valence-electron chi connectivity index (χ1n) is 7.27. The van der Waals surface area contributed by atoms with Crippen LogP contribution in [0.2, 0.25) is 5.02 Å². The Morgan fingerprint density at radius 1 is 1.29 bits per heavy atom. The molecule has 0 aliphatic carbocycles. The molecular formula is C18H13ClFN3O. The van der Waals surface area contributed by atoms with Crippen LogP contribution in [0.4, 0.5) is 4.39 Å². The molecule has 0 fully saturated rings. The van der Waals surface area contributed by atoms with Gasteiger partial charge in [-0.3, -0.25) is 4.79 Å². The molecule has 1 heterocycles. The van der Waals surface area contributed by atoms with Crippen molar-refractivity contribution in [2.75, 3.05) is 0 Å². The molecule has 120 valence electrons. The summed E-state index contributed by atoms with van der Waals surface area (Å²) in [5.74, 6) is -0.640. The number of nitrogens with one attached hydrogen (secondary N) is 1. The number of fused-ring (bicyclic) bond motifs is 1. The van der Waals surface area contributed by atoms with Crippen molar-refractivity contribution in [2.24, 2.45) is 0 Å². The minimum absolute atomic E-state index is 0.0843. The first-order valence-corrected chi connectivity index (χ1v) is 7.65. The average molecular weight is 342 g/mol. The molecule has 3 rings (SSSR count). The summed E-state index contributed by atoms with van der Waals surface area (Å²) >= 11 is 5.94. The largest absolute Gasteiger partial charge is 0.350 e. The van der Waals surface area contributed by atoms with Crippen LogP contribution in [0.15, 0.2) is 48.7 Å². The van der Waals surface area contributed by atoms with Gasteiger partial charge in [-0.05, 0) is 23.8 Å². The number of aromatic nitrogens is 1. The van der Waals surface area contributed by atoms with Crippen molar-refractivity contribution in [3.8, 4) is 6.07 Å². The maximum atomic E-state index is 13.0. The molecule has 2 aromatic carbocycles. The van der Waals surface area contributed by atoms with Crippen molar-refractivity contribution in [1.29, 1.82) is 5.26 Å². The van der Waals surface area contributed by atoms with Gasteiger partial charge in [0.25, 0.3) is 0 Å². The molecule has 24 heavy (non-hydrogen) atoms. The quantitative estimate of drug-likeness (QED) is 0.788. The van der Waals surface area contributed by atoms with Crippen LogP contribution in [-0.4, -0.2) is 10.5 Å². The summed E-state index contributed by atoms with van der Waals surface area (Å²) in [6.07, 6.45) is 1.66. The molecule has 0 saturated carbocycles. The van der Waals surface area contributed by atoms with Gasteiger partial charge in [-0.1, -0.05) is 35.9 Å². The van der Waals surface area contributed by atoms with E-state index in [0.717, 1.165) is 10.9 Å². The number of amides is 1. The zero-order valence-corrected chi connectivity index (χ0v) is 13.3. The van der Waals surface area contributed by atoms with Crippen molar-refractivity contribution in [3.05, 3.63) is 70.6 Å². The van der Waals surface area contributed by atoms with Crippen LogP contribution in [0, 0.1) is 17.1 Å². The van der Waals surface area contributed by atoms with Gasteiger partial charge in [-0.25, -0.2) is 4.39 Å². The molecule has 0 aliphatic heterocycles. The zero-order valence-electron chi connectivity index (χ0n) is 12.6. The normalized spacial score (nSPS) is 10.5. The van der Waals surface area contributed by atoms with Gasteiger partial charge in [0.1, 0.15) is 18.4 Å². The van der Waals surface area contributed by atoms with Crippen molar-refractivity contribution >= 4 is 28.4 Å². The van der Waals surface area contributed by atoms with Crippen LogP contribution >= 0.6 is 11.6 Å². The third-order valence-corrected chi connectivity index (χ3v) is 4.07. The number of para-hydroxylation sites is 1. The number of benzene rings is 2. The number of rotatable bonds is 4. The second kappa shape index (κ2) is 6.73. The lowest BCUT2D eigenvalue weighted by Crippen LogP contribution is -2.27. The predicted molar refractivity (Wildman–Crippen MR) is 89.9 cm³/mol. The number of nitriles is 1. The molecule has 1 N–H and O–H groups in total. The van der Waals surface area contributed by atoms with E-state index >= 15 is 0 Å². The Morgan fingerprint density at radius 2 is 2.08 bits per heavy atom. The number of halogens is 2. The van der Waals surface area contributed by atoms with Crippen LogP contribution in [-0.2, 0) is 17.9 Å². The van der Waals surface area contributed by atoms with Gasteiger partial charge in [-0.2, -0.15) is 5.26 Å². The SMILES string of the molecule is N#Cc1cn(CC(=O)NCc2ccc(F)cc2Cl)c2ccccc12. The molecule has 0 radical (unpaired) electrons. The molecule has 0 spiro atoms. The maximum absolute atomic E-state index is 13.0. The lowest BCUT2D eigenvalue weighted by Gasteiger charge is -2.08. The van der Waals surface area contributed by atoms with E-state index in [4.69, 9.17) is 11.6 Å². The maximum Gasteiger partial charge on any atom is 0.240 e. The highest BCUT2D eigenvalue weighted by molar-refractivity contribution is 6.31. The van der Waals surface area contributed by atoms with E-state index < -0.39 is 5.82 Å². The van der Waals surface area contributed by atoms with Crippen LogP contribution in [0.1, 0.15) is 11.1 Å². The second-order valence-corrected chi connectivity index (χ2v) is 5.72. The summed E-state index contributed by atoms with van der Waals surface area (Å²) in [6, 6.07) is 13.6. The number of hydrogen-bond donors (Lipinski definition) is 1. The summed E-state index contributed by atoms with van der Waals surface area (Å²) < 4.78 is 14.7. The second-order valence-electron chi connectivity index (χ2n) is 5.31. The van der Waals surface area contributed by atoms with E-state index in [1.54, 1.807) is 10.8 Å². The van der Waals surface area contributed by atoms with Crippen LogP contribution < -0.4 is 5.32 Å². The number of carbonyl (C=O) groups excluding carboxylic acids is 1. The smallest absolute Gasteiger partial charge is 0.240 e. The first-order chi connectivity index (χ1) is 11.6. The minimum Gasteiger partial charge on any atom is -0.350 e. The lowest BCUT2D eigenvalue weighted by molar-refractivity contribution is -0.121. The highest BCUT2D eigenvalue weighted by Crippen LogP contribution is 2.20. The first kappa shape index (κ1) is 16.0. The number of carbonyl (C=O) groups is 1. The van der Waals surface area contributed by atoms with E-state index in [0.29, 0.717) is 11.1 Å². The highest BCUT2D eigenvalue weighted by Gasteiger charge is 2.11. The third kappa shape index (κ3) is 3.24. The van der Waals surface area contributed by atoms with Crippen LogP contribution in [0.25, 0.3) is 10.9 Å². The standard InChI is InChI=1S/C18H13ClFN3O/c19-16-7-14(20)6-5-12(16)9-22-18(24)11-23-10-13(8-21)15-3-1-2-4-17(15)23/h1-7,10H,9,11H2,(H,22,24). The summed E-state index contributed by atoms with van der Waals surface area (Å²) in [5.41, 5.74) is 1.99. The molecule has 6 heteroatoms. The Morgan fingerprint density at radius 3 is 2.83 bits per heavy atom.